The lowest BCUT2D eigenvalue weighted by atomic mass is 10.1. The molecule has 9 nitrogen and oxygen atoms in total. The third-order valence-corrected chi connectivity index (χ3v) is 4.78. The van der Waals surface area contributed by atoms with Crippen LogP contribution in [-0.2, 0) is 5.72 Å². The highest BCUT2D eigenvalue weighted by atomic mass is 32.2. The van der Waals surface area contributed by atoms with Crippen molar-refractivity contribution in [2.75, 3.05) is 18.1 Å². The van der Waals surface area contributed by atoms with E-state index in [1.807, 2.05) is 0 Å². The first kappa shape index (κ1) is 13.4. The van der Waals surface area contributed by atoms with E-state index in [1.54, 1.807) is 0 Å². The van der Waals surface area contributed by atoms with Gasteiger partial charge >= 0.3 is 0 Å². The molecule has 1 aliphatic heterocycles. The number of hydrogen-bond donors (Lipinski definition) is 5. The Kier molecular flexibility index (Phi) is 2.97. The highest BCUT2D eigenvalue weighted by Crippen LogP contribution is 2.39. The van der Waals surface area contributed by atoms with Crippen molar-refractivity contribution >= 4 is 28.9 Å². The number of nitrogens with one attached hydrogen (secondary N) is 1. The molecule has 0 radical (unpaired) electrons. The maximum absolute atomic E-state index is 11.7. The molecule has 10 heteroatoms. The van der Waals surface area contributed by atoms with E-state index in [-0.39, 0.29) is 29.5 Å². The number of nitrogen functional groups attached to an aromatic ring is 1. The van der Waals surface area contributed by atoms with Gasteiger partial charge in [0.25, 0.3) is 5.56 Å². The van der Waals surface area contributed by atoms with Gasteiger partial charge in [0, 0.05) is 5.75 Å². The second-order valence-electron chi connectivity index (χ2n) is 4.59. The number of nitrogens with two attached hydrogens (primary N) is 1. The second kappa shape index (κ2) is 4.45. The summed E-state index contributed by atoms with van der Waals surface area (Å²) < 4.78 is 1.22. The Morgan fingerprint density at radius 3 is 3.05 bits per heavy atom. The minimum absolute atomic E-state index is 0.0253. The summed E-state index contributed by atoms with van der Waals surface area (Å²) >= 11 is 1.23. The van der Waals surface area contributed by atoms with E-state index >= 15 is 0 Å². The average Bonchev–Trinajstić information content (AvgIpc) is 2.94. The Morgan fingerprint density at radius 1 is 1.65 bits per heavy atom. The predicted octanol–water partition coefficient (Wildman–Crippen LogP) is -2.18. The summed E-state index contributed by atoms with van der Waals surface area (Å²) in [6.45, 7) is -0.267. The molecule has 2 aromatic heterocycles. The maximum atomic E-state index is 11.7. The number of fused-ring (bicyclic) bond motifs is 1. The molecule has 2 aromatic rings. The van der Waals surface area contributed by atoms with Crippen molar-refractivity contribution in [2.45, 2.75) is 17.1 Å². The molecule has 3 atom stereocenters. The number of imidazole rings is 1. The zero-order valence-corrected chi connectivity index (χ0v) is 11.0. The van der Waals surface area contributed by atoms with Crippen LogP contribution in [0.3, 0.4) is 0 Å². The van der Waals surface area contributed by atoms with Crippen LogP contribution in [0.1, 0.15) is 0 Å². The molecule has 6 N–H and O–H groups in total. The van der Waals surface area contributed by atoms with E-state index < -0.39 is 22.6 Å². The van der Waals surface area contributed by atoms with Crippen LogP contribution in [0, 0.1) is 0 Å². The van der Waals surface area contributed by atoms with Gasteiger partial charge in [0.05, 0.1) is 18.2 Å². The smallest absolute Gasteiger partial charge is 0.280 e. The fourth-order valence-electron chi connectivity index (χ4n) is 2.28. The highest BCUT2D eigenvalue weighted by Gasteiger charge is 2.49. The monoisotopic (exact) mass is 299 g/mol. The first-order valence-electron chi connectivity index (χ1n) is 5.83. The van der Waals surface area contributed by atoms with Gasteiger partial charge in [-0.1, -0.05) is 0 Å². The topological polar surface area (TPSA) is 150 Å². The van der Waals surface area contributed by atoms with E-state index in [0.29, 0.717) is 0 Å². The SMILES string of the molecule is Nc1nc2c(ncn2[C@@]2(O)CS[C@H](CO)[C@H]2O)c(=O)[nH]1. The first-order chi connectivity index (χ1) is 9.47. The Morgan fingerprint density at radius 2 is 2.40 bits per heavy atom. The van der Waals surface area contributed by atoms with Crippen LogP contribution in [0.4, 0.5) is 5.95 Å². The van der Waals surface area contributed by atoms with Gasteiger partial charge in [-0.2, -0.15) is 4.98 Å². The summed E-state index contributed by atoms with van der Waals surface area (Å²) in [7, 11) is 0. The number of nitrogens with zero attached hydrogens (tertiary/aromatic N) is 3. The Balaban J connectivity index is 2.18. The third-order valence-electron chi connectivity index (χ3n) is 3.36. The summed E-state index contributed by atoms with van der Waals surface area (Å²) in [5.74, 6) is 0.0332. The van der Waals surface area contributed by atoms with Gasteiger partial charge in [-0.25, -0.2) is 4.98 Å². The van der Waals surface area contributed by atoms with Gasteiger partial charge < -0.3 is 21.1 Å². The predicted molar refractivity (Wildman–Crippen MR) is 72.1 cm³/mol. The molecule has 1 saturated heterocycles. The van der Waals surface area contributed by atoms with Gasteiger partial charge in [-0.15, -0.1) is 11.8 Å². The Bertz CT molecular complexity index is 715. The molecule has 0 unspecified atom stereocenters. The van der Waals surface area contributed by atoms with Gasteiger partial charge in [0.2, 0.25) is 5.95 Å². The molecule has 0 spiro atoms. The molecule has 3 heterocycles. The van der Waals surface area contributed by atoms with Crippen LogP contribution in [0.5, 0.6) is 0 Å². The Hall–Kier alpha value is -1.62. The van der Waals surface area contributed by atoms with Crippen LogP contribution < -0.4 is 11.3 Å². The summed E-state index contributed by atoms with van der Waals surface area (Å²) in [6.07, 6.45) is 0.0211. The minimum atomic E-state index is -1.69. The summed E-state index contributed by atoms with van der Waals surface area (Å²) in [4.78, 5) is 21.8. The van der Waals surface area contributed by atoms with Gasteiger partial charge in [-0.3, -0.25) is 14.3 Å². The standard InChI is InChI=1S/C10H13N5O4S/c11-9-13-7-5(8(18)14-9)12-3-15(7)10(19)2-20-4(1-16)6(10)17/h3-4,6,16-17,19H,1-2H2,(H3,11,13,14,18)/t4-,6-,10-/m1/s1. The minimum Gasteiger partial charge on any atom is -0.395 e. The number of rotatable bonds is 2. The number of thioether (sulfide) groups is 1. The number of hydrogen-bond acceptors (Lipinski definition) is 8. The van der Waals surface area contributed by atoms with Crippen LogP contribution in [0.15, 0.2) is 11.1 Å². The summed E-state index contributed by atoms with van der Waals surface area (Å²) in [5.41, 5.74) is 3.39. The zero-order valence-electron chi connectivity index (χ0n) is 10.2. The molecule has 0 aliphatic carbocycles. The lowest BCUT2D eigenvalue weighted by Crippen LogP contribution is -2.46. The van der Waals surface area contributed by atoms with Crippen LogP contribution in [0.2, 0.25) is 0 Å². The molecular formula is C10H13N5O4S. The number of H-pyrrole nitrogens is 1. The van der Waals surface area contributed by atoms with Crippen molar-refractivity contribution in [3.8, 4) is 0 Å². The number of anilines is 1. The van der Waals surface area contributed by atoms with Gasteiger partial charge in [0.1, 0.15) is 6.10 Å². The van der Waals surface area contributed by atoms with E-state index in [4.69, 9.17) is 10.8 Å². The normalized spacial score (nSPS) is 30.1. The van der Waals surface area contributed by atoms with Crippen molar-refractivity contribution in [1.82, 2.24) is 19.5 Å². The fraction of sp³-hybridized carbons (Fsp3) is 0.500. The highest BCUT2D eigenvalue weighted by molar-refractivity contribution is 8.00. The van der Waals surface area contributed by atoms with E-state index in [0.717, 1.165) is 0 Å². The van der Waals surface area contributed by atoms with Crippen molar-refractivity contribution in [1.29, 1.82) is 0 Å². The molecule has 0 bridgehead atoms. The molecule has 108 valence electrons. The summed E-state index contributed by atoms with van der Waals surface area (Å²) in [5, 5.41) is 29.4. The van der Waals surface area contributed by atoms with E-state index in [1.165, 1.54) is 22.7 Å². The van der Waals surface area contributed by atoms with Gasteiger partial charge in [-0.05, 0) is 0 Å². The van der Waals surface area contributed by atoms with Crippen molar-refractivity contribution in [3.63, 3.8) is 0 Å². The van der Waals surface area contributed by atoms with Crippen LogP contribution >= 0.6 is 11.8 Å². The first-order valence-corrected chi connectivity index (χ1v) is 6.88. The molecule has 0 aromatic carbocycles. The average molecular weight is 299 g/mol. The van der Waals surface area contributed by atoms with E-state index in [9.17, 15) is 15.0 Å². The molecule has 1 fully saturated rings. The lowest BCUT2D eigenvalue weighted by Gasteiger charge is -2.28. The zero-order chi connectivity index (χ0) is 14.5. The molecule has 0 amide bonds. The van der Waals surface area contributed by atoms with Crippen molar-refractivity contribution in [2.24, 2.45) is 0 Å². The number of aromatic nitrogens is 4. The number of aliphatic hydroxyl groups excluding tert-OH is 2. The van der Waals surface area contributed by atoms with Crippen LogP contribution in [0.25, 0.3) is 11.2 Å². The fourth-order valence-corrected chi connectivity index (χ4v) is 3.55. The number of aromatic amines is 1. The molecular weight excluding hydrogens is 286 g/mol. The Labute approximate surface area is 116 Å². The second-order valence-corrected chi connectivity index (χ2v) is 5.82. The molecule has 1 aliphatic rings. The maximum Gasteiger partial charge on any atom is 0.280 e. The number of aliphatic hydroxyl groups is 3. The molecule has 20 heavy (non-hydrogen) atoms. The van der Waals surface area contributed by atoms with Gasteiger partial charge in [0.15, 0.2) is 16.9 Å². The lowest BCUT2D eigenvalue weighted by molar-refractivity contribution is -0.109. The molecule has 3 rings (SSSR count). The molecule has 0 saturated carbocycles. The third kappa shape index (κ3) is 1.73. The van der Waals surface area contributed by atoms with Crippen LogP contribution in [-0.4, -0.2) is 58.6 Å². The van der Waals surface area contributed by atoms with E-state index in [2.05, 4.69) is 15.0 Å². The quantitative estimate of drug-likeness (QED) is 0.420. The van der Waals surface area contributed by atoms with Crippen molar-refractivity contribution < 1.29 is 15.3 Å². The largest absolute Gasteiger partial charge is 0.395 e. The van der Waals surface area contributed by atoms with Crippen molar-refractivity contribution in [3.05, 3.63) is 16.7 Å². The summed E-state index contributed by atoms with van der Waals surface area (Å²) in [6, 6.07) is 0.